The average molecular weight is 475 g/mol. The van der Waals surface area contributed by atoms with Gasteiger partial charge >= 0.3 is 0 Å². The van der Waals surface area contributed by atoms with Gasteiger partial charge in [0.2, 0.25) is 0 Å². The van der Waals surface area contributed by atoms with E-state index >= 15 is 0 Å². The van der Waals surface area contributed by atoms with Crippen molar-refractivity contribution in [1.29, 1.82) is 0 Å². The Morgan fingerprint density at radius 2 is 0.686 bits per heavy atom. The fraction of sp³-hybridized carbons (Fsp3) is 0.576. The van der Waals surface area contributed by atoms with Gasteiger partial charge in [0.05, 0.1) is 11.4 Å². The number of aliphatic imine (C=N–C) groups is 2. The lowest BCUT2D eigenvalue weighted by molar-refractivity contribution is 0.568. The van der Waals surface area contributed by atoms with Crippen LogP contribution in [-0.2, 0) is 21.7 Å². The number of rotatable bonds is 4. The first-order valence-electron chi connectivity index (χ1n) is 13.1. The van der Waals surface area contributed by atoms with Crippen molar-refractivity contribution >= 4 is 22.8 Å². The Hall–Kier alpha value is -2.22. The minimum atomic E-state index is 0.0830. The summed E-state index contributed by atoms with van der Waals surface area (Å²) < 4.78 is 0. The fourth-order valence-electron chi connectivity index (χ4n) is 3.97. The van der Waals surface area contributed by atoms with Crippen LogP contribution in [0.1, 0.15) is 126 Å². The van der Waals surface area contributed by atoms with Crippen LogP contribution >= 0.6 is 0 Å². The third kappa shape index (κ3) is 8.44. The van der Waals surface area contributed by atoms with Crippen LogP contribution in [0.4, 0.5) is 11.4 Å². The molecule has 0 heterocycles. The van der Waals surface area contributed by atoms with Crippen molar-refractivity contribution in [1.82, 2.24) is 0 Å². The largest absolute Gasteiger partial charge is 0.258 e. The summed E-state index contributed by atoms with van der Waals surface area (Å²) in [5.41, 5.74) is 9.89. The van der Waals surface area contributed by atoms with Crippen molar-refractivity contribution in [2.45, 2.75) is 125 Å². The second-order valence-corrected chi connectivity index (χ2v) is 14.4. The Kier molecular flexibility index (Phi) is 8.32. The predicted molar refractivity (Wildman–Crippen MR) is 158 cm³/mol. The number of benzene rings is 2. The van der Waals surface area contributed by atoms with Crippen LogP contribution in [0.15, 0.2) is 46.4 Å². The van der Waals surface area contributed by atoms with Gasteiger partial charge in [-0.25, -0.2) is 0 Å². The Labute approximate surface area is 216 Å². The smallest absolute Gasteiger partial charge is 0.0634 e. The molecule has 0 bridgehead atoms. The van der Waals surface area contributed by atoms with E-state index in [-0.39, 0.29) is 21.7 Å². The molecule has 0 aromatic heterocycles. The van der Waals surface area contributed by atoms with E-state index in [1.807, 2.05) is 0 Å². The zero-order valence-corrected chi connectivity index (χ0v) is 25.1. The number of hydrogen-bond acceptors (Lipinski definition) is 2. The zero-order chi connectivity index (χ0) is 27.0. The van der Waals surface area contributed by atoms with Gasteiger partial charge in [0.15, 0.2) is 0 Å². The van der Waals surface area contributed by atoms with Gasteiger partial charge in [-0.1, -0.05) is 95.2 Å². The van der Waals surface area contributed by atoms with Crippen molar-refractivity contribution in [3.05, 3.63) is 58.7 Å². The summed E-state index contributed by atoms with van der Waals surface area (Å²) in [6.07, 6.45) is 0.759. The second kappa shape index (κ2) is 10.0. The zero-order valence-electron chi connectivity index (χ0n) is 25.1. The van der Waals surface area contributed by atoms with Crippen LogP contribution in [0.2, 0.25) is 0 Å². The second-order valence-electron chi connectivity index (χ2n) is 14.4. The minimum Gasteiger partial charge on any atom is -0.258 e. The van der Waals surface area contributed by atoms with Gasteiger partial charge in [0.1, 0.15) is 0 Å². The van der Waals surface area contributed by atoms with Crippen LogP contribution in [0.3, 0.4) is 0 Å². The lowest BCUT2D eigenvalue weighted by Crippen LogP contribution is -2.16. The highest BCUT2D eigenvalue weighted by Crippen LogP contribution is 2.34. The van der Waals surface area contributed by atoms with Crippen LogP contribution < -0.4 is 0 Å². The molecule has 0 saturated carbocycles. The van der Waals surface area contributed by atoms with E-state index in [4.69, 9.17) is 9.98 Å². The molecule has 0 aliphatic carbocycles. The summed E-state index contributed by atoms with van der Waals surface area (Å²) in [7, 11) is 0. The first kappa shape index (κ1) is 29.0. The van der Waals surface area contributed by atoms with Crippen molar-refractivity contribution < 1.29 is 0 Å². The maximum Gasteiger partial charge on any atom is 0.0634 e. The number of nitrogens with zero attached hydrogens (tertiary/aromatic N) is 2. The first-order valence-corrected chi connectivity index (χ1v) is 13.1. The molecule has 0 saturated heterocycles. The molecule has 2 heteroatoms. The molecular formula is C33H50N2. The monoisotopic (exact) mass is 474 g/mol. The molecule has 2 aromatic carbocycles. The molecule has 0 aliphatic heterocycles. The van der Waals surface area contributed by atoms with Gasteiger partial charge < -0.3 is 0 Å². The minimum absolute atomic E-state index is 0.0830. The SMILES string of the molecule is C/C(C/C(C)=N/c1cc(C(C)(C)C)cc(C(C)(C)C)c1)=N\c1cc(C(C)(C)C)cc(C(C)(C)C)c1. The standard InChI is InChI=1S/C33H50N2/c1-22(34-28-18-24(30(3,4)5)16-25(19-28)31(6,7)8)15-23(2)35-29-20-26(32(9,10)11)17-27(21-29)33(12,13)14/h16-21H,15H2,1-14H3/b34-22+,35-23+. The van der Waals surface area contributed by atoms with E-state index < -0.39 is 0 Å². The lowest BCUT2D eigenvalue weighted by Gasteiger charge is -2.25. The Balaban J connectivity index is 2.43. The molecule has 0 spiro atoms. The molecule has 2 aromatic rings. The van der Waals surface area contributed by atoms with E-state index in [0.29, 0.717) is 0 Å². The van der Waals surface area contributed by atoms with E-state index in [9.17, 15) is 0 Å². The molecule has 0 radical (unpaired) electrons. The van der Waals surface area contributed by atoms with Crippen LogP contribution in [0.25, 0.3) is 0 Å². The average Bonchev–Trinajstić information content (AvgIpc) is 2.64. The molecule has 35 heavy (non-hydrogen) atoms. The third-order valence-corrected chi connectivity index (χ3v) is 6.45. The maximum atomic E-state index is 5.04. The van der Waals surface area contributed by atoms with Gasteiger partial charge in [-0.15, -0.1) is 0 Å². The topological polar surface area (TPSA) is 24.7 Å². The van der Waals surface area contributed by atoms with Gasteiger partial charge in [0.25, 0.3) is 0 Å². The highest BCUT2D eigenvalue weighted by molar-refractivity contribution is 6.04. The van der Waals surface area contributed by atoms with Crippen LogP contribution in [0, 0.1) is 0 Å². The molecule has 0 aliphatic rings. The predicted octanol–water partition coefficient (Wildman–Crippen LogP) is 10.2. The molecular weight excluding hydrogens is 424 g/mol. The summed E-state index contributed by atoms with van der Waals surface area (Å²) in [6, 6.07) is 13.7. The lowest BCUT2D eigenvalue weighted by atomic mass is 9.80. The number of hydrogen-bond donors (Lipinski definition) is 0. The summed E-state index contributed by atoms with van der Waals surface area (Å²) in [5, 5.41) is 0. The van der Waals surface area contributed by atoms with Gasteiger partial charge in [-0.05, 0) is 82.0 Å². The maximum absolute atomic E-state index is 5.04. The molecule has 2 nitrogen and oxygen atoms in total. The van der Waals surface area contributed by atoms with Gasteiger partial charge in [0, 0.05) is 17.8 Å². The Morgan fingerprint density at radius 3 is 0.886 bits per heavy atom. The fourth-order valence-corrected chi connectivity index (χ4v) is 3.97. The molecule has 2 rings (SSSR count). The molecule has 0 atom stereocenters. The van der Waals surface area contributed by atoms with E-state index in [1.165, 1.54) is 22.3 Å². The summed E-state index contributed by atoms with van der Waals surface area (Å²) in [4.78, 5) is 10.1. The van der Waals surface area contributed by atoms with Gasteiger partial charge in [-0.3, -0.25) is 9.98 Å². The molecule has 0 unspecified atom stereocenters. The van der Waals surface area contributed by atoms with Crippen molar-refractivity contribution in [3.8, 4) is 0 Å². The Morgan fingerprint density at radius 1 is 0.457 bits per heavy atom. The summed E-state index contributed by atoms with van der Waals surface area (Å²) in [6.45, 7) is 31.4. The normalized spacial score (nSPS) is 14.5. The van der Waals surface area contributed by atoms with E-state index in [0.717, 1.165) is 29.2 Å². The molecule has 192 valence electrons. The highest BCUT2D eigenvalue weighted by atomic mass is 14.8. The van der Waals surface area contributed by atoms with Crippen molar-refractivity contribution in [2.24, 2.45) is 9.98 Å². The van der Waals surface area contributed by atoms with Crippen molar-refractivity contribution in [3.63, 3.8) is 0 Å². The van der Waals surface area contributed by atoms with Crippen molar-refractivity contribution in [2.75, 3.05) is 0 Å². The van der Waals surface area contributed by atoms with E-state index in [1.54, 1.807) is 0 Å². The molecule has 0 N–H and O–H groups in total. The van der Waals surface area contributed by atoms with Gasteiger partial charge in [-0.2, -0.15) is 0 Å². The highest BCUT2D eigenvalue weighted by Gasteiger charge is 2.22. The van der Waals surface area contributed by atoms with Crippen LogP contribution in [0.5, 0.6) is 0 Å². The molecule has 0 amide bonds. The third-order valence-electron chi connectivity index (χ3n) is 6.45. The Bertz CT molecular complexity index is 948. The van der Waals surface area contributed by atoms with E-state index in [2.05, 4.69) is 133 Å². The molecule has 0 fully saturated rings. The summed E-state index contributed by atoms with van der Waals surface area (Å²) in [5.74, 6) is 0. The first-order chi connectivity index (χ1) is 15.7. The summed E-state index contributed by atoms with van der Waals surface area (Å²) >= 11 is 0. The van der Waals surface area contributed by atoms with Crippen LogP contribution in [-0.4, -0.2) is 11.4 Å². The quantitative estimate of drug-likeness (QED) is 0.394.